The summed E-state index contributed by atoms with van der Waals surface area (Å²) >= 11 is 1.85. The van der Waals surface area contributed by atoms with Gasteiger partial charge in [-0.1, -0.05) is 0 Å². The molecule has 4 heteroatoms. The zero-order chi connectivity index (χ0) is 10.7. The fourth-order valence-electron chi connectivity index (χ4n) is 1.90. The highest BCUT2D eigenvalue weighted by Crippen LogP contribution is 2.23. The van der Waals surface area contributed by atoms with Crippen LogP contribution in [0, 0.1) is 5.92 Å². The molecule has 2 atom stereocenters. The second-order valence-corrected chi connectivity index (χ2v) is 5.38. The summed E-state index contributed by atoms with van der Waals surface area (Å²) in [6.07, 6.45) is 4.47. The van der Waals surface area contributed by atoms with E-state index >= 15 is 0 Å². The minimum atomic E-state index is 0.429. The van der Waals surface area contributed by atoms with E-state index in [1.165, 1.54) is 22.9 Å². The largest absolute Gasteiger partial charge is 0.316 e. The van der Waals surface area contributed by atoms with Crippen LogP contribution in [0.3, 0.4) is 0 Å². The van der Waals surface area contributed by atoms with Gasteiger partial charge >= 0.3 is 0 Å². The molecule has 0 amide bonds. The molecule has 1 saturated heterocycles. The predicted octanol–water partition coefficient (Wildman–Crippen LogP) is 1.58. The van der Waals surface area contributed by atoms with Crippen LogP contribution in [0.25, 0.3) is 0 Å². The van der Waals surface area contributed by atoms with Crippen LogP contribution < -0.4 is 10.6 Å². The van der Waals surface area contributed by atoms with E-state index in [0.717, 1.165) is 18.9 Å². The van der Waals surface area contributed by atoms with Gasteiger partial charge in [-0.15, -0.1) is 11.3 Å². The van der Waals surface area contributed by atoms with E-state index in [2.05, 4.69) is 22.5 Å². The van der Waals surface area contributed by atoms with Crippen LogP contribution in [0.4, 0.5) is 0 Å². The lowest BCUT2D eigenvalue weighted by atomic mass is 10.1. The topological polar surface area (TPSA) is 37.0 Å². The predicted molar refractivity (Wildman–Crippen MR) is 64.3 cm³/mol. The van der Waals surface area contributed by atoms with Gasteiger partial charge in [-0.25, -0.2) is 4.98 Å². The quantitative estimate of drug-likeness (QED) is 0.817. The fraction of sp³-hybridized carbons (Fsp3) is 0.727. The third-order valence-electron chi connectivity index (χ3n) is 3.06. The summed E-state index contributed by atoms with van der Waals surface area (Å²) in [7, 11) is 1.99. The summed E-state index contributed by atoms with van der Waals surface area (Å²) in [5.74, 6) is 0.800. The Balaban J connectivity index is 1.94. The Kier molecular flexibility index (Phi) is 3.72. The minimum absolute atomic E-state index is 0.429. The van der Waals surface area contributed by atoms with Gasteiger partial charge in [0.15, 0.2) is 0 Å². The second-order valence-electron chi connectivity index (χ2n) is 4.23. The van der Waals surface area contributed by atoms with E-state index < -0.39 is 0 Å². The van der Waals surface area contributed by atoms with Gasteiger partial charge in [-0.3, -0.25) is 0 Å². The van der Waals surface area contributed by atoms with E-state index in [0.29, 0.717) is 6.04 Å². The van der Waals surface area contributed by atoms with Crippen LogP contribution in [0.1, 0.15) is 29.3 Å². The van der Waals surface area contributed by atoms with Crippen LogP contribution >= 0.6 is 11.3 Å². The maximum absolute atomic E-state index is 4.50. The number of nitrogens with zero attached hydrogens (tertiary/aromatic N) is 1. The summed E-state index contributed by atoms with van der Waals surface area (Å²) < 4.78 is 0. The van der Waals surface area contributed by atoms with Gasteiger partial charge in [0, 0.05) is 23.5 Å². The molecule has 1 fully saturated rings. The lowest BCUT2D eigenvalue weighted by molar-refractivity contribution is 0.578. The van der Waals surface area contributed by atoms with Crippen molar-refractivity contribution in [2.45, 2.75) is 25.8 Å². The molecule has 1 aromatic heterocycles. The van der Waals surface area contributed by atoms with Gasteiger partial charge in [0.1, 0.15) is 0 Å². The van der Waals surface area contributed by atoms with Crippen molar-refractivity contribution in [3.05, 3.63) is 16.1 Å². The van der Waals surface area contributed by atoms with Gasteiger partial charge in [0.2, 0.25) is 0 Å². The number of aromatic nitrogens is 1. The monoisotopic (exact) mass is 225 g/mol. The van der Waals surface area contributed by atoms with E-state index in [4.69, 9.17) is 0 Å². The van der Waals surface area contributed by atoms with Crippen LogP contribution in [-0.2, 0) is 6.42 Å². The smallest absolute Gasteiger partial charge is 0.0931 e. The Morgan fingerprint density at radius 1 is 1.73 bits per heavy atom. The van der Waals surface area contributed by atoms with Crippen molar-refractivity contribution >= 4 is 11.3 Å². The Bertz CT molecular complexity index is 305. The summed E-state index contributed by atoms with van der Waals surface area (Å²) in [5, 5.41) is 7.94. The summed E-state index contributed by atoms with van der Waals surface area (Å²) in [6, 6.07) is 0.429. The average molecular weight is 225 g/mol. The molecular formula is C11H19N3S. The number of thiazole rings is 1. The second kappa shape index (κ2) is 5.05. The maximum atomic E-state index is 4.50. The molecule has 0 bridgehead atoms. The molecule has 1 aromatic rings. The molecule has 2 unspecified atom stereocenters. The molecule has 1 aliphatic rings. The molecule has 0 radical (unpaired) electrons. The Labute approximate surface area is 95.3 Å². The van der Waals surface area contributed by atoms with E-state index in [1.54, 1.807) is 0 Å². The molecule has 84 valence electrons. The van der Waals surface area contributed by atoms with Crippen LogP contribution in [0.5, 0.6) is 0 Å². The average Bonchev–Trinajstić information content (AvgIpc) is 2.88. The van der Waals surface area contributed by atoms with Gasteiger partial charge in [0.05, 0.1) is 5.01 Å². The Morgan fingerprint density at radius 3 is 3.27 bits per heavy atom. The first-order chi connectivity index (χ1) is 7.29. The SMILES string of the molecule is CNC(C)c1cnc(CC2CCNC2)s1. The number of nitrogens with one attached hydrogen (secondary N) is 2. The third-order valence-corrected chi connectivity index (χ3v) is 4.26. The lowest BCUT2D eigenvalue weighted by Gasteiger charge is -2.06. The first kappa shape index (κ1) is 11.0. The zero-order valence-corrected chi connectivity index (χ0v) is 10.2. The summed E-state index contributed by atoms with van der Waals surface area (Å²) in [5.41, 5.74) is 0. The molecule has 2 heterocycles. The van der Waals surface area contributed by atoms with Gasteiger partial charge in [0.25, 0.3) is 0 Å². The standard InChI is InChI=1S/C11H19N3S/c1-8(12-2)10-7-14-11(15-10)5-9-3-4-13-6-9/h7-9,12-13H,3-6H2,1-2H3. The molecule has 0 aromatic carbocycles. The highest BCUT2D eigenvalue weighted by Gasteiger charge is 2.17. The normalized spacial score (nSPS) is 23.2. The molecule has 3 nitrogen and oxygen atoms in total. The molecule has 15 heavy (non-hydrogen) atoms. The Morgan fingerprint density at radius 2 is 2.60 bits per heavy atom. The zero-order valence-electron chi connectivity index (χ0n) is 9.42. The van der Waals surface area contributed by atoms with E-state index in [1.807, 2.05) is 24.6 Å². The lowest BCUT2D eigenvalue weighted by Crippen LogP contribution is -2.10. The number of hydrogen-bond donors (Lipinski definition) is 2. The van der Waals surface area contributed by atoms with Crippen LogP contribution in [-0.4, -0.2) is 25.1 Å². The van der Waals surface area contributed by atoms with Gasteiger partial charge in [-0.2, -0.15) is 0 Å². The van der Waals surface area contributed by atoms with Crippen molar-refractivity contribution in [3.8, 4) is 0 Å². The summed E-state index contributed by atoms with van der Waals surface area (Å²) in [6.45, 7) is 4.51. The van der Waals surface area contributed by atoms with E-state index in [9.17, 15) is 0 Å². The summed E-state index contributed by atoms with van der Waals surface area (Å²) in [4.78, 5) is 5.85. The van der Waals surface area contributed by atoms with Crippen molar-refractivity contribution in [1.82, 2.24) is 15.6 Å². The maximum Gasteiger partial charge on any atom is 0.0931 e. The van der Waals surface area contributed by atoms with Gasteiger partial charge in [-0.05, 0) is 39.4 Å². The van der Waals surface area contributed by atoms with Crippen LogP contribution in [0.15, 0.2) is 6.20 Å². The first-order valence-electron chi connectivity index (χ1n) is 5.62. The molecule has 0 saturated carbocycles. The first-order valence-corrected chi connectivity index (χ1v) is 6.44. The number of hydrogen-bond acceptors (Lipinski definition) is 4. The molecule has 2 N–H and O–H groups in total. The Hall–Kier alpha value is -0.450. The van der Waals surface area contributed by atoms with Crippen molar-refractivity contribution in [2.75, 3.05) is 20.1 Å². The van der Waals surface area contributed by atoms with Crippen molar-refractivity contribution < 1.29 is 0 Å². The van der Waals surface area contributed by atoms with E-state index in [-0.39, 0.29) is 0 Å². The third kappa shape index (κ3) is 2.77. The highest BCUT2D eigenvalue weighted by atomic mass is 32.1. The molecular weight excluding hydrogens is 206 g/mol. The van der Waals surface area contributed by atoms with Crippen molar-refractivity contribution in [3.63, 3.8) is 0 Å². The molecule has 2 rings (SSSR count). The number of rotatable bonds is 4. The van der Waals surface area contributed by atoms with Crippen LogP contribution in [0.2, 0.25) is 0 Å². The fourth-order valence-corrected chi connectivity index (χ4v) is 2.99. The van der Waals surface area contributed by atoms with Crippen molar-refractivity contribution in [2.24, 2.45) is 5.92 Å². The minimum Gasteiger partial charge on any atom is -0.316 e. The highest BCUT2D eigenvalue weighted by molar-refractivity contribution is 7.11. The molecule has 0 spiro atoms. The van der Waals surface area contributed by atoms with Crippen molar-refractivity contribution in [1.29, 1.82) is 0 Å². The molecule has 1 aliphatic heterocycles. The molecule has 0 aliphatic carbocycles. The van der Waals surface area contributed by atoms with Gasteiger partial charge < -0.3 is 10.6 Å².